The van der Waals surface area contributed by atoms with Gasteiger partial charge in [0.05, 0.1) is 6.61 Å². The predicted molar refractivity (Wildman–Crippen MR) is 132 cm³/mol. The molecule has 1 aromatic heterocycles. The molecule has 2 rings (SSSR count). The molecule has 0 spiro atoms. The molecule has 0 saturated carbocycles. The predicted octanol–water partition coefficient (Wildman–Crippen LogP) is 3.51. The number of nitrogens with one attached hydrogen (secondary N) is 1. The van der Waals surface area contributed by atoms with Gasteiger partial charge in [0.25, 0.3) is 0 Å². The Labute approximate surface area is 189 Å². The standard InChI is InChI=1S/C18H34N4O.C7H9N/c1-7-14(2)16(4)20-18(17(13-23)15(3)12-19-5)22-10-8-21(6)9-11-22;1-2-7-5-3-4-6-8-7/h19,23H,7-13H2,1-6H3;3-6H,2H2,1H3/b16-14+,17-15+,20-18-;. The van der Waals surface area contributed by atoms with E-state index in [0.29, 0.717) is 0 Å². The lowest BCUT2D eigenvalue weighted by Crippen LogP contribution is -2.48. The molecule has 1 aromatic rings. The van der Waals surface area contributed by atoms with Gasteiger partial charge in [0.2, 0.25) is 0 Å². The number of aliphatic hydroxyl groups excluding tert-OH is 1. The zero-order valence-electron chi connectivity index (χ0n) is 20.7. The minimum Gasteiger partial charge on any atom is -0.392 e. The second-order valence-corrected chi connectivity index (χ2v) is 8.07. The van der Waals surface area contributed by atoms with Gasteiger partial charge in [-0.1, -0.05) is 31.1 Å². The number of aliphatic hydroxyl groups is 1. The molecule has 0 aliphatic carbocycles. The summed E-state index contributed by atoms with van der Waals surface area (Å²) < 4.78 is 0. The number of amidine groups is 1. The van der Waals surface area contributed by atoms with Crippen LogP contribution in [0.15, 0.2) is 51.8 Å². The number of aliphatic imine (C=N–C) groups is 1. The Hall–Kier alpha value is -2.02. The van der Waals surface area contributed by atoms with Crippen LogP contribution in [0.5, 0.6) is 0 Å². The van der Waals surface area contributed by atoms with Crippen LogP contribution >= 0.6 is 0 Å². The van der Waals surface area contributed by atoms with Crippen molar-refractivity contribution < 1.29 is 5.11 Å². The van der Waals surface area contributed by atoms with E-state index >= 15 is 0 Å². The minimum absolute atomic E-state index is 0.0249. The SMILES string of the molecule is CC/C(C)=C(C)/N=C(/C(CO)=C(\C)CNC)N1CCN(C)CC1.CCc1ccccn1. The first-order valence-corrected chi connectivity index (χ1v) is 11.4. The first-order chi connectivity index (χ1) is 14.9. The van der Waals surface area contributed by atoms with Crippen molar-refractivity contribution in [3.05, 3.63) is 52.5 Å². The van der Waals surface area contributed by atoms with E-state index in [1.165, 1.54) is 5.57 Å². The summed E-state index contributed by atoms with van der Waals surface area (Å²) in [7, 11) is 4.08. The lowest BCUT2D eigenvalue weighted by molar-refractivity contribution is 0.214. The summed E-state index contributed by atoms with van der Waals surface area (Å²) >= 11 is 0. The number of rotatable bonds is 7. The van der Waals surface area contributed by atoms with Gasteiger partial charge in [0.1, 0.15) is 5.84 Å². The molecule has 1 aliphatic rings. The summed E-state index contributed by atoms with van der Waals surface area (Å²) in [4.78, 5) is 13.7. The van der Waals surface area contributed by atoms with Crippen LogP contribution in [0.3, 0.4) is 0 Å². The highest BCUT2D eigenvalue weighted by molar-refractivity contribution is 6.00. The van der Waals surface area contributed by atoms with E-state index in [1.54, 1.807) is 0 Å². The van der Waals surface area contributed by atoms with Crippen LogP contribution in [0.2, 0.25) is 0 Å². The van der Waals surface area contributed by atoms with Gasteiger partial charge in [-0.25, -0.2) is 4.99 Å². The number of likely N-dealkylation sites (N-methyl/N-ethyl adjacent to an activating group) is 2. The molecule has 6 nitrogen and oxygen atoms in total. The van der Waals surface area contributed by atoms with Gasteiger partial charge < -0.3 is 20.2 Å². The molecule has 0 unspecified atom stereocenters. The number of aryl methyl sites for hydroxylation is 1. The summed E-state index contributed by atoms with van der Waals surface area (Å²) in [5.74, 6) is 0.943. The lowest BCUT2D eigenvalue weighted by atomic mass is 10.1. The van der Waals surface area contributed by atoms with E-state index in [0.717, 1.165) is 73.9 Å². The van der Waals surface area contributed by atoms with Crippen LogP contribution in [0.25, 0.3) is 0 Å². The van der Waals surface area contributed by atoms with Crippen molar-refractivity contribution >= 4 is 5.84 Å². The molecule has 1 fully saturated rings. The third kappa shape index (κ3) is 9.33. The molecule has 2 heterocycles. The fourth-order valence-corrected chi connectivity index (χ4v) is 3.23. The minimum atomic E-state index is 0.0249. The maximum atomic E-state index is 9.97. The molecular weight excluding hydrogens is 386 g/mol. The first-order valence-electron chi connectivity index (χ1n) is 11.4. The molecule has 0 bridgehead atoms. The number of pyridine rings is 1. The van der Waals surface area contributed by atoms with E-state index in [9.17, 15) is 5.11 Å². The Morgan fingerprint density at radius 1 is 1.10 bits per heavy atom. The van der Waals surface area contributed by atoms with Gasteiger partial charge >= 0.3 is 0 Å². The molecule has 31 heavy (non-hydrogen) atoms. The third-order valence-corrected chi connectivity index (χ3v) is 5.70. The van der Waals surface area contributed by atoms with Gasteiger partial charge in [-0.15, -0.1) is 0 Å². The number of aromatic nitrogens is 1. The van der Waals surface area contributed by atoms with E-state index in [1.807, 2.05) is 31.4 Å². The summed E-state index contributed by atoms with van der Waals surface area (Å²) in [6, 6.07) is 5.96. The fourth-order valence-electron chi connectivity index (χ4n) is 3.23. The normalized spacial score (nSPS) is 16.9. The maximum Gasteiger partial charge on any atom is 0.134 e. The molecule has 0 atom stereocenters. The molecule has 174 valence electrons. The van der Waals surface area contributed by atoms with Crippen LogP contribution < -0.4 is 5.32 Å². The van der Waals surface area contributed by atoms with Gasteiger partial charge in [-0.3, -0.25) is 4.98 Å². The van der Waals surface area contributed by atoms with Crippen molar-refractivity contribution in [2.45, 2.75) is 47.5 Å². The van der Waals surface area contributed by atoms with Crippen LogP contribution in [0.4, 0.5) is 0 Å². The Kier molecular flexibility index (Phi) is 13.0. The number of allylic oxidation sites excluding steroid dienone is 2. The van der Waals surface area contributed by atoms with E-state index in [4.69, 9.17) is 4.99 Å². The molecule has 1 saturated heterocycles. The second kappa shape index (κ2) is 14.9. The highest BCUT2D eigenvalue weighted by Crippen LogP contribution is 2.16. The van der Waals surface area contributed by atoms with Crippen molar-refractivity contribution in [1.29, 1.82) is 0 Å². The van der Waals surface area contributed by atoms with Gasteiger partial charge in [-0.05, 0) is 59.8 Å². The second-order valence-electron chi connectivity index (χ2n) is 8.07. The number of hydrogen-bond donors (Lipinski definition) is 2. The van der Waals surface area contributed by atoms with Crippen LogP contribution in [-0.2, 0) is 6.42 Å². The van der Waals surface area contributed by atoms with Crippen LogP contribution in [-0.4, -0.2) is 79.2 Å². The largest absolute Gasteiger partial charge is 0.392 e. The number of hydrogen-bond acceptors (Lipinski definition) is 5. The smallest absolute Gasteiger partial charge is 0.134 e. The summed E-state index contributed by atoms with van der Waals surface area (Å²) in [5.41, 5.74) is 5.61. The molecule has 1 aliphatic heterocycles. The summed E-state index contributed by atoms with van der Waals surface area (Å²) in [6.45, 7) is 15.3. The first kappa shape index (κ1) is 27.0. The highest BCUT2D eigenvalue weighted by atomic mass is 16.3. The Bertz CT molecular complexity index is 732. The van der Waals surface area contributed by atoms with Crippen molar-refractivity contribution in [2.75, 3.05) is 53.4 Å². The molecular formula is C25H43N5O. The average molecular weight is 430 g/mol. The van der Waals surface area contributed by atoms with Crippen molar-refractivity contribution in [2.24, 2.45) is 4.99 Å². The van der Waals surface area contributed by atoms with Crippen LogP contribution in [0, 0.1) is 0 Å². The highest BCUT2D eigenvalue weighted by Gasteiger charge is 2.21. The molecule has 6 heteroatoms. The molecule has 0 amide bonds. The lowest BCUT2D eigenvalue weighted by Gasteiger charge is -2.35. The van der Waals surface area contributed by atoms with E-state index in [2.05, 4.69) is 61.8 Å². The maximum absolute atomic E-state index is 9.97. The van der Waals surface area contributed by atoms with E-state index in [-0.39, 0.29) is 6.61 Å². The van der Waals surface area contributed by atoms with Crippen molar-refractivity contribution in [3.8, 4) is 0 Å². The third-order valence-electron chi connectivity index (χ3n) is 5.70. The fraction of sp³-hybridized carbons (Fsp3) is 0.600. The molecule has 0 aromatic carbocycles. The van der Waals surface area contributed by atoms with Crippen molar-refractivity contribution in [3.63, 3.8) is 0 Å². The van der Waals surface area contributed by atoms with Gasteiger partial charge in [0.15, 0.2) is 0 Å². The van der Waals surface area contributed by atoms with E-state index < -0.39 is 0 Å². The summed E-state index contributed by atoms with van der Waals surface area (Å²) in [5, 5.41) is 13.1. The Morgan fingerprint density at radius 2 is 1.77 bits per heavy atom. The quantitative estimate of drug-likeness (QED) is 0.513. The van der Waals surface area contributed by atoms with Gasteiger partial charge in [0, 0.05) is 55.9 Å². The average Bonchev–Trinajstić information content (AvgIpc) is 2.80. The topological polar surface area (TPSA) is 64.0 Å². The Morgan fingerprint density at radius 3 is 2.23 bits per heavy atom. The van der Waals surface area contributed by atoms with Gasteiger partial charge in [-0.2, -0.15) is 0 Å². The Balaban J connectivity index is 0.000000500. The monoisotopic (exact) mass is 429 g/mol. The van der Waals surface area contributed by atoms with Crippen LogP contribution in [0.1, 0.15) is 46.7 Å². The zero-order chi connectivity index (χ0) is 23.2. The van der Waals surface area contributed by atoms with Crippen molar-refractivity contribution in [1.82, 2.24) is 20.1 Å². The number of nitrogens with zero attached hydrogens (tertiary/aromatic N) is 4. The number of piperazine rings is 1. The molecule has 2 N–H and O–H groups in total. The zero-order valence-corrected chi connectivity index (χ0v) is 20.7. The summed E-state index contributed by atoms with van der Waals surface area (Å²) in [6.07, 6.45) is 3.85. The molecule has 0 radical (unpaired) electrons.